The fourth-order valence-corrected chi connectivity index (χ4v) is 3.61. The van der Waals surface area contributed by atoms with E-state index in [1.165, 1.54) is 11.6 Å². The highest BCUT2D eigenvalue weighted by Crippen LogP contribution is 2.44. The zero-order chi connectivity index (χ0) is 21.7. The van der Waals surface area contributed by atoms with E-state index in [4.69, 9.17) is 14.2 Å². The number of fused-ring (bicyclic) bond motifs is 1. The molecule has 1 aliphatic heterocycles. The van der Waals surface area contributed by atoms with Crippen LogP contribution in [0.4, 0.5) is 5.69 Å². The summed E-state index contributed by atoms with van der Waals surface area (Å²) in [5.74, 6) is 0.361. The van der Waals surface area contributed by atoms with Crippen LogP contribution in [0.3, 0.4) is 0 Å². The molecule has 0 amide bonds. The molecule has 0 aliphatic carbocycles. The average Bonchev–Trinajstić information content (AvgIpc) is 2.70. The van der Waals surface area contributed by atoms with E-state index in [1.54, 1.807) is 0 Å². The van der Waals surface area contributed by atoms with Crippen molar-refractivity contribution in [1.29, 1.82) is 0 Å². The number of anilines is 1. The molecule has 2 aromatic carbocycles. The summed E-state index contributed by atoms with van der Waals surface area (Å²) < 4.78 is 18.5. The molecule has 5 heteroatoms. The first-order valence-electron chi connectivity index (χ1n) is 10.3. The number of allylic oxidation sites excluding steroid dienone is 1. The summed E-state index contributed by atoms with van der Waals surface area (Å²) in [6.45, 7) is 8.09. The van der Waals surface area contributed by atoms with Crippen LogP contribution in [0, 0.1) is 0 Å². The minimum atomic E-state index is -0.739. The van der Waals surface area contributed by atoms with Gasteiger partial charge >= 0.3 is 5.97 Å². The summed E-state index contributed by atoms with van der Waals surface area (Å²) >= 11 is 0. The van der Waals surface area contributed by atoms with Crippen LogP contribution < -0.4 is 10.1 Å². The van der Waals surface area contributed by atoms with Gasteiger partial charge in [-0.05, 0) is 57.9 Å². The van der Waals surface area contributed by atoms with Crippen LogP contribution in [0.2, 0.25) is 0 Å². The normalized spacial score (nSPS) is 19.2. The second-order valence-corrected chi connectivity index (χ2v) is 8.31. The molecule has 1 heterocycles. The maximum absolute atomic E-state index is 12.5. The summed E-state index contributed by atoms with van der Waals surface area (Å²) in [5, 5.41) is 3.15. The molecule has 1 aliphatic rings. The lowest BCUT2D eigenvalue weighted by Gasteiger charge is -2.43. The van der Waals surface area contributed by atoms with E-state index >= 15 is 0 Å². The Hall–Kier alpha value is -2.79. The van der Waals surface area contributed by atoms with Gasteiger partial charge in [0.25, 0.3) is 0 Å². The predicted molar refractivity (Wildman–Crippen MR) is 119 cm³/mol. The van der Waals surface area contributed by atoms with Gasteiger partial charge in [0.15, 0.2) is 6.10 Å². The predicted octanol–water partition coefficient (Wildman–Crippen LogP) is 5.08. The molecule has 2 atom stereocenters. The summed E-state index contributed by atoms with van der Waals surface area (Å²) in [6.07, 6.45) is 1.25. The van der Waals surface area contributed by atoms with Gasteiger partial charge in [0.05, 0.1) is 6.61 Å². The van der Waals surface area contributed by atoms with E-state index in [0.717, 1.165) is 29.0 Å². The molecule has 1 N–H and O–H groups in total. The molecule has 2 aromatic rings. The number of esters is 1. The number of benzene rings is 2. The first kappa shape index (κ1) is 21.9. The Morgan fingerprint density at radius 1 is 1.17 bits per heavy atom. The van der Waals surface area contributed by atoms with Crippen LogP contribution >= 0.6 is 0 Å². The quantitative estimate of drug-likeness (QED) is 0.511. The van der Waals surface area contributed by atoms with Crippen molar-refractivity contribution in [2.45, 2.75) is 51.9 Å². The Bertz CT molecular complexity index is 901. The Balaban J connectivity index is 1.90. The summed E-state index contributed by atoms with van der Waals surface area (Å²) in [7, 11) is 1.87. The molecular weight excluding hydrogens is 378 g/mol. The first-order chi connectivity index (χ1) is 14.3. The Labute approximate surface area is 179 Å². The van der Waals surface area contributed by atoms with Gasteiger partial charge in [-0.25, -0.2) is 4.79 Å². The lowest BCUT2D eigenvalue weighted by atomic mass is 9.87. The number of ether oxygens (including phenoxy) is 3. The molecular formula is C25H31NO4. The smallest absolute Gasteiger partial charge is 0.331 e. The second kappa shape index (κ2) is 9.35. The van der Waals surface area contributed by atoms with Gasteiger partial charge in [-0.3, -0.25) is 0 Å². The van der Waals surface area contributed by atoms with Gasteiger partial charge in [0.1, 0.15) is 17.5 Å². The van der Waals surface area contributed by atoms with E-state index in [0.29, 0.717) is 6.61 Å². The Morgan fingerprint density at radius 2 is 1.90 bits per heavy atom. The monoisotopic (exact) mass is 409 g/mol. The van der Waals surface area contributed by atoms with Crippen molar-refractivity contribution in [1.82, 2.24) is 0 Å². The zero-order valence-corrected chi connectivity index (χ0v) is 18.4. The molecule has 30 heavy (non-hydrogen) atoms. The van der Waals surface area contributed by atoms with Crippen LogP contribution in [0.25, 0.3) is 0 Å². The molecule has 0 fully saturated rings. The van der Waals surface area contributed by atoms with Crippen molar-refractivity contribution in [2.75, 3.05) is 19.0 Å². The van der Waals surface area contributed by atoms with Crippen molar-refractivity contribution in [3.8, 4) is 5.75 Å². The molecule has 0 spiro atoms. The number of nitrogens with one attached hydrogen (secondary N) is 1. The van der Waals surface area contributed by atoms with Gasteiger partial charge in [-0.1, -0.05) is 35.9 Å². The van der Waals surface area contributed by atoms with Crippen molar-refractivity contribution in [2.24, 2.45) is 0 Å². The van der Waals surface area contributed by atoms with Crippen molar-refractivity contribution in [3.05, 3.63) is 71.3 Å². The molecule has 2 unspecified atom stereocenters. The highest BCUT2D eigenvalue weighted by atomic mass is 16.6. The molecule has 3 rings (SSSR count). The van der Waals surface area contributed by atoms with Crippen LogP contribution in [0.15, 0.2) is 60.2 Å². The number of carbonyl (C=O) groups excluding carboxylic acids is 1. The van der Waals surface area contributed by atoms with Gasteiger partial charge in [-0.2, -0.15) is 0 Å². The molecule has 0 radical (unpaired) electrons. The first-order valence-corrected chi connectivity index (χ1v) is 10.3. The van der Waals surface area contributed by atoms with Crippen LogP contribution in [-0.2, 0) is 20.7 Å². The van der Waals surface area contributed by atoms with Crippen molar-refractivity contribution >= 4 is 11.7 Å². The standard InChI is InChI=1S/C25H31NO4/c1-17(2)15-22(27)29-24-23(28-14-13-18-9-7-6-8-10-18)20-16-19(26-5)11-12-21(20)30-25(24,3)4/h6-12,15-16,23-24,26H,13-14H2,1-5H3. The van der Waals surface area contributed by atoms with Crippen LogP contribution in [0.5, 0.6) is 5.75 Å². The highest BCUT2D eigenvalue weighted by molar-refractivity contribution is 5.83. The van der Waals surface area contributed by atoms with Crippen molar-refractivity contribution in [3.63, 3.8) is 0 Å². The van der Waals surface area contributed by atoms with Gasteiger partial charge in [-0.15, -0.1) is 0 Å². The van der Waals surface area contributed by atoms with E-state index in [-0.39, 0.29) is 5.97 Å². The van der Waals surface area contributed by atoms with Crippen molar-refractivity contribution < 1.29 is 19.0 Å². The summed E-state index contributed by atoms with van der Waals surface area (Å²) in [6, 6.07) is 16.1. The van der Waals surface area contributed by atoms with E-state index in [9.17, 15) is 4.79 Å². The summed E-state index contributed by atoms with van der Waals surface area (Å²) in [4.78, 5) is 12.5. The second-order valence-electron chi connectivity index (χ2n) is 8.31. The van der Waals surface area contributed by atoms with Gasteiger partial charge in [0, 0.05) is 24.4 Å². The molecule has 160 valence electrons. The van der Waals surface area contributed by atoms with E-state index in [2.05, 4.69) is 17.4 Å². The number of rotatable bonds is 7. The van der Waals surface area contributed by atoms with E-state index < -0.39 is 17.8 Å². The minimum Gasteiger partial charge on any atom is -0.483 e. The van der Waals surface area contributed by atoms with Gasteiger partial charge < -0.3 is 19.5 Å². The highest BCUT2D eigenvalue weighted by Gasteiger charge is 2.47. The van der Waals surface area contributed by atoms with E-state index in [1.807, 2.05) is 71.1 Å². The minimum absolute atomic E-state index is 0.387. The number of hydrogen-bond acceptors (Lipinski definition) is 5. The number of carbonyl (C=O) groups is 1. The third-order valence-electron chi connectivity index (χ3n) is 5.12. The van der Waals surface area contributed by atoms with Crippen LogP contribution in [-0.4, -0.2) is 31.3 Å². The molecule has 0 saturated heterocycles. The fraction of sp³-hybridized carbons (Fsp3) is 0.400. The lowest BCUT2D eigenvalue weighted by Crippen LogP contribution is -2.51. The van der Waals surface area contributed by atoms with Gasteiger partial charge in [0.2, 0.25) is 0 Å². The largest absolute Gasteiger partial charge is 0.483 e. The molecule has 0 aromatic heterocycles. The topological polar surface area (TPSA) is 56.8 Å². The third-order valence-corrected chi connectivity index (χ3v) is 5.12. The fourth-order valence-electron chi connectivity index (χ4n) is 3.61. The average molecular weight is 410 g/mol. The Kier molecular flexibility index (Phi) is 6.83. The molecule has 0 bridgehead atoms. The maximum atomic E-state index is 12.5. The molecule has 5 nitrogen and oxygen atoms in total. The SMILES string of the molecule is CNc1ccc2c(c1)C(OCCc1ccccc1)C(OC(=O)C=C(C)C)C(C)(C)O2. The third kappa shape index (κ3) is 5.22. The van der Waals surface area contributed by atoms with Crippen LogP contribution in [0.1, 0.15) is 44.9 Å². The molecule has 0 saturated carbocycles. The summed E-state index contributed by atoms with van der Waals surface area (Å²) in [5.41, 5.74) is 3.17. The zero-order valence-electron chi connectivity index (χ0n) is 18.4. The maximum Gasteiger partial charge on any atom is 0.331 e. The number of hydrogen-bond donors (Lipinski definition) is 1. The Morgan fingerprint density at radius 3 is 2.57 bits per heavy atom. The lowest BCUT2D eigenvalue weighted by molar-refractivity contribution is -0.179.